The number of hydrogen-bond acceptors (Lipinski definition) is 8. The molecule has 0 saturated carbocycles. The van der Waals surface area contributed by atoms with Gasteiger partial charge in [-0.15, -0.1) is 11.3 Å². The number of benzene rings is 1. The van der Waals surface area contributed by atoms with Crippen LogP contribution in [0.25, 0.3) is 0 Å². The molecular formula is C26H35N3O6S. The van der Waals surface area contributed by atoms with E-state index in [1.54, 1.807) is 11.0 Å². The number of nitrogens with one attached hydrogen (secondary N) is 1. The first-order valence-corrected chi connectivity index (χ1v) is 13.3. The molecule has 2 aliphatic heterocycles. The molecule has 0 spiro atoms. The lowest BCUT2D eigenvalue weighted by Gasteiger charge is -2.34. The summed E-state index contributed by atoms with van der Waals surface area (Å²) in [6.07, 6.45) is 3.16. The fourth-order valence-electron chi connectivity index (χ4n) is 4.44. The second-order valence-electron chi connectivity index (χ2n) is 10.1. The third-order valence-corrected chi connectivity index (χ3v) is 7.15. The molecule has 2 fully saturated rings. The molecular weight excluding hydrogens is 482 g/mol. The molecule has 2 N–H and O–H groups in total. The van der Waals surface area contributed by atoms with Crippen LogP contribution in [-0.2, 0) is 16.2 Å². The third-order valence-electron chi connectivity index (χ3n) is 6.26. The molecule has 4 rings (SSSR count). The number of ether oxygens (including phenoxy) is 2. The van der Waals surface area contributed by atoms with Crippen molar-refractivity contribution in [3.63, 3.8) is 0 Å². The fraction of sp³-hybridized carbons (Fsp3) is 0.538. The fourth-order valence-corrected chi connectivity index (χ4v) is 5.18. The number of likely N-dealkylation sites (tertiary alicyclic amines) is 1. The standard InChI is InChI=1S/C26H35N3O6S/c1-26(2,3)35-25(31)29-13-8-19(9-14-29)34-22-16-18(28-11-4-5-12-28)6-7-20(22)24(30)27-21-10-15-36-23(21)17-33-32/h6-7,10,15-16,19,32H,4-5,8-9,11-14,17H2,1-3H3,(H,27,30). The monoisotopic (exact) mass is 517 g/mol. The number of rotatable bonds is 7. The van der Waals surface area contributed by atoms with Crippen LogP contribution in [0.2, 0.25) is 0 Å². The maximum absolute atomic E-state index is 13.3. The van der Waals surface area contributed by atoms with Gasteiger partial charge in [-0.2, -0.15) is 0 Å². The first-order chi connectivity index (χ1) is 17.2. The first kappa shape index (κ1) is 26.2. The Labute approximate surface area is 215 Å². The van der Waals surface area contributed by atoms with Crippen LogP contribution in [0.15, 0.2) is 29.6 Å². The number of carbonyl (C=O) groups excluding carboxylic acids is 2. The Morgan fingerprint density at radius 3 is 2.50 bits per heavy atom. The summed E-state index contributed by atoms with van der Waals surface area (Å²) in [5.41, 5.74) is 1.54. The Kier molecular flexibility index (Phi) is 8.38. The molecule has 0 radical (unpaired) electrons. The summed E-state index contributed by atoms with van der Waals surface area (Å²) >= 11 is 1.39. The van der Waals surface area contributed by atoms with E-state index in [4.69, 9.17) is 14.7 Å². The summed E-state index contributed by atoms with van der Waals surface area (Å²) < 4.78 is 11.9. The smallest absolute Gasteiger partial charge is 0.410 e. The van der Waals surface area contributed by atoms with Gasteiger partial charge in [0.2, 0.25) is 0 Å². The van der Waals surface area contributed by atoms with Crippen molar-refractivity contribution >= 4 is 34.7 Å². The SMILES string of the molecule is CC(C)(C)OC(=O)N1CCC(Oc2cc(N3CCCC3)ccc2C(=O)Nc2ccsc2COO)CC1. The first-order valence-electron chi connectivity index (χ1n) is 12.4. The van der Waals surface area contributed by atoms with Crippen LogP contribution >= 0.6 is 11.3 Å². The molecule has 1 aromatic heterocycles. The van der Waals surface area contributed by atoms with Crippen molar-refractivity contribution < 1.29 is 29.2 Å². The molecule has 1 aromatic carbocycles. The molecule has 2 aromatic rings. The van der Waals surface area contributed by atoms with Gasteiger partial charge in [-0.1, -0.05) is 0 Å². The van der Waals surface area contributed by atoms with E-state index < -0.39 is 5.60 Å². The minimum atomic E-state index is -0.533. The van der Waals surface area contributed by atoms with Crippen LogP contribution < -0.4 is 15.0 Å². The van der Waals surface area contributed by atoms with Crippen LogP contribution in [-0.4, -0.2) is 60.0 Å². The predicted octanol–water partition coefficient (Wildman–Crippen LogP) is 5.37. The number of carbonyl (C=O) groups is 2. The van der Waals surface area contributed by atoms with Gasteiger partial charge in [-0.3, -0.25) is 10.1 Å². The Morgan fingerprint density at radius 1 is 1.11 bits per heavy atom. The summed E-state index contributed by atoms with van der Waals surface area (Å²) in [5.74, 6) is 0.240. The summed E-state index contributed by atoms with van der Waals surface area (Å²) in [6, 6.07) is 7.50. The van der Waals surface area contributed by atoms with E-state index in [9.17, 15) is 9.59 Å². The number of hydrogen-bond donors (Lipinski definition) is 2. The molecule has 196 valence electrons. The molecule has 2 saturated heterocycles. The Bertz CT molecular complexity index is 1050. The molecule has 0 atom stereocenters. The van der Waals surface area contributed by atoms with Gasteiger partial charge in [0.05, 0.1) is 16.1 Å². The molecule has 10 heteroatoms. The van der Waals surface area contributed by atoms with Crippen molar-refractivity contribution in [3.8, 4) is 5.75 Å². The highest BCUT2D eigenvalue weighted by Gasteiger charge is 2.29. The zero-order valence-corrected chi connectivity index (χ0v) is 21.9. The highest BCUT2D eigenvalue weighted by Crippen LogP contribution is 2.32. The maximum Gasteiger partial charge on any atom is 0.410 e. The lowest BCUT2D eigenvalue weighted by Crippen LogP contribution is -2.44. The van der Waals surface area contributed by atoms with Gasteiger partial charge in [0.1, 0.15) is 24.1 Å². The van der Waals surface area contributed by atoms with Crippen molar-refractivity contribution in [1.29, 1.82) is 0 Å². The van der Waals surface area contributed by atoms with Crippen molar-refractivity contribution in [1.82, 2.24) is 4.90 Å². The van der Waals surface area contributed by atoms with Crippen molar-refractivity contribution in [2.24, 2.45) is 0 Å². The number of anilines is 2. The largest absolute Gasteiger partial charge is 0.489 e. The third kappa shape index (κ3) is 6.68. The Morgan fingerprint density at radius 2 is 1.83 bits per heavy atom. The van der Waals surface area contributed by atoms with Crippen LogP contribution in [0.3, 0.4) is 0 Å². The van der Waals surface area contributed by atoms with E-state index in [1.165, 1.54) is 11.3 Å². The lowest BCUT2D eigenvalue weighted by molar-refractivity contribution is -0.252. The average Bonchev–Trinajstić information content (AvgIpc) is 3.51. The molecule has 2 amide bonds. The topological polar surface area (TPSA) is 101 Å². The van der Waals surface area contributed by atoms with Crippen molar-refractivity contribution in [2.45, 2.75) is 64.8 Å². The minimum absolute atomic E-state index is 0.000751. The molecule has 36 heavy (non-hydrogen) atoms. The zero-order valence-electron chi connectivity index (χ0n) is 21.1. The number of nitrogens with zero attached hydrogens (tertiary/aromatic N) is 2. The van der Waals surface area contributed by atoms with E-state index in [1.807, 2.05) is 44.4 Å². The predicted molar refractivity (Wildman–Crippen MR) is 139 cm³/mol. The van der Waals surface area contributed by atoms with E-state index >= 15 is 0 Å². The molecule has 2 aliphatic rings. The average molecular weight is 518 g/mol. The van der Waals surface area contributed by atoms with Crippen LogP contribution in [0.4, 0.5) is 16.2 Å². The summed E-state index contributed by atoms with van der Waals surface area (Å²) in [4.78, 5) is 34.7. The maximum atomic E-state index is 13.3. The number of thiophene rings is 1. The van der Waals surface area contributed by atoms with E-state index in [0.717, 1.165) is 36.5 Å². The molecule has 0 aliphatic carbocycles. The normalized spacial score (nSPS) is 16.8. The van der Waals surface area contributed by atoms with Crippen LogP contribution in [0.1, 0.15) is 61.7 Å². The molecule has 0 unspecified atom stereocenters. The van der Waals surface area contributed by atoms with E-state index in [2.05, 4.69) is 15.1 Å². The van der Waals surface area contributed by atoms with Gasteiger partial charge in [-0.05, 0) is 57.2 Å². The van der Waals surface area contributed by atoms with Crippen LogP contribution in [0, 0.1) is 0 Å². The van der Waals surface area contributed by atoms with Gasteiger partial charge in [0, 0.05) is 50.8 Å². The second-order valence-corrected chi connectivity index (χ2v) is 11.1. The van der Waals surface area contributed by atoms with Crippen LogP contribution in [0.5, 0.6) is 5.75 Å². The second kappa shape index (κ2) is 11.5. The van der Waals surface area contributed by atoms with Crippen molar-refractivity contribution in [3.05, 3.63) is 40.1 Å². The minimum Gasteiger partial charge on any atom is -0.489 e. The highest BCUT2D eigenvalue weighted by atomic mass is 32.1. The Balaban J connectivity index is 1.48. The lowest BCUT2D eigenvalue weighted by atomic mass is 10.1. The van der Waals surface area contributed by atoms with Crippen molar-refractivity contribution in [2.75, 3.05) is 36.4 Å². The highest BCUT2D eigenvalue weighted by molar-refractivity contribution is 7.10. The summed E-state index contributed by atoms with van der Waals surface area (Å²) in [5, 5.41) is 13.6. The van der Waals surface area contributed by atoms with Gasteiger partial charge in [0.15, 0.2) is 0 Å². The van der Waals surface area contributed by atoms with E-state index in [0.29, 0.717) is 42.9 Å². The quantitative estimate of drug-likeness (QED) is 0.376. The summed E-state index contributed by atoms with van der Waals surface area (Å²) in [7, 11) is 0. The number of piperidine rings is 1. The van der Waals surface area contributed by atoms with Gasteiger partial charge >= 0.3 is 6.09 Å². The Hall–Kier alpha value is -2.82. The van der Waals surface area contributed by atoms with Gasteiger partial charge in [-0.25, -0.2) is 9.68 Å². The van der Waals surface area contributed by atoms with Gasteiger partial charge in [0.25, 0.3) is 5.91 Å². The molecule has 9 nitrogen and oxygen atoms in total. The summed E-state index contributed by atoms with van der Waals surface area (Å²) in [6.45, 7) is 8.61. The number of amides is 2. The van der Waals surface area contributed by atoms with Gasteiger partial charge < -0.3 is 24.6 Å². The zero-order chi connectivity index (χ0) is 25.7. The van der Waals surface area contributed by atoms with E-state index in [-0.39, 0.29) is 24.7 Å². The molecule has 3 heterocycles. The molecule has 0 bridgehead atoms.